The molecular weight excluding hydrogens is 239 g/mol. The topological polar surface area (TPSA) is 20.2 Å². The molecule has 1 nitrogen and oxygen atoms in total. The number of halogens is 1. The van der Waals surface area contributed by atoms with E-state index in [1.165, 1.54) is 18.2 Å². The van der Waals surface area contributed by atoms with Crippen LogP contribution in [-0.4, -0.2) is 11.2 Å². The van der Waals surface area contributed by atoms with Gasteiger partial charge in [-0.1, -0.05) is 48.5 Å². The Balaban J connectivity index is 2.43. The summed E-state index contributed by atoms with van der Waals surface area (Å²) < 4.78 is 12.9. The van der Waals surface area contributed by atoms with Crippen LogP contribution in [0.15, 0.2) is 67.3 Å². The average molecular weight is 254 g/mol. The molecule has 0 saturated carbocycles. The van der Waals surface area contributed by atoms with Gasteiger partial charge < -0.3 is 5.11 Å². The van der Waals surface area contributed by atoms with Crippen LogP contribution in [-0.2, 0) is 0 Å². The van der Waals surface area contributed by atoms with E-state index in [9.17, 15) is 9.50 Å². The van der Waals surface area contributed by atoms with Crippen molar-refractivity contribution in [1.82, 2.24) is 0 Å². The van der Waals surface area contributed by atoms with Gasteiger partial charge in [0.05, 0.1) is 6.10 Å². The molecule has 1 unspecified atom stereocenters. The Labute approximate surface area is 112 Å². The predicted molar refractivity (Wildman–Crippen MR) is 76.9 cm³/mol. The normalized spacial score (nSPS) is 13.1. The minimum atomic E-state index is -0.757. The summed E-state index contributed by atoms with van der Waals surface area (Å²) in [5.41, 5.74) is 2.49. The molecule has 0 fully saturated rings. The summed E-state index contributed by atoms with van der Waals surface area (Å²) in [4.78, 5) is 0. The van der Waals surface area contributed by atoms with Crippen molar-refractivity contribution in [3.8, 4) is 0 Å². The molecule has 2 heteroatoms. The molecule has 0 aliphatic heterocycles. The van der Waals surface area contributed by atoms with Gasteiger partial charge in [-0.2, -0.15) is 0 Å². The molecule has 0 heterocycles. The standard InChI is InChI=1S/C17H15FO/c1-2-17(19)16(14-6-4-3-5-7-14)12-13-8-10-15(18)11-9-13/h2-12,17,19H,1H2/b16-12-. The van der Waals surface area contributed by atoms with Crippen LogP contribution in [0.4, 0.5) is 4.39 Å². The molecule has 0 aliphatic carbocycles. The van der Waals surface area contributed by atoms with Crippen LogP contribution >= 0.6 is 0 Å². The van der Waals surface area contributed by atoms with Gasteiger partial charge in [-0.15, -0.1) is 6.58 Å². The highest BCUT2D eigenvalue weighted by Crippen LogP contribution is 2.22. The molecule has 0 aliphatic rings. The Morgan fingerprint density at radius 3 is 2.26 bits per heavy atom. The second-order valence-corrected chi connectivity index (χ2v) is 4.20. The summed E-state index contributed by atoms with van der Waals surface area (Å²) in [6, 6.07) is 15.7. The van der Waals surface area contributed by atoms with Gasteiger partial charge in [-0.3, -0.25) is 0 Å². The van der Waals surface area contributed by atoms with Gasteiger partial charge in [-0.25, -0.2) is 4.39 Å². The van der Waals surface area contributed by atoms with E-state index in [0.29, 0.717) is 0 Å². The summed E-state index contributed by atoms with van der Waals surface area (Å²) in [6.45, 7) is 3.61. The predicted octanol–water partition coefficient (Wildman–Crippen LogP) is 3.91. The van der Waals surface area contributed by atoms with Gasteiger partial charge in [0.15, 0.2) is 0 Å². The highest BCUT2D eigenvalue weighted by atomic mass is 19.1. The molecule has 0 spiro atoms. The number of aliphatic hydroxyl groups excluding tert-OH is 1. The van der Waals surface area contributed by atoms with Crippen molar-refractivity contribution in [1.29, 1.82) is 0 Å². The number of rotatable bonds is 4. The van der Waals surface area contributed by atoms with E-state index in [0.717, 1.165) is 16.7 Å². The average Bonchev–Trinajstić information content (AvgIpc) is 2.47. The molecule has 0 radical (unpaired) electrons. The summed E-state index contributed by atoms with van der Waals surface area (Å²) in [5.74, 6) is -0.275. The SMILES string of the molecule is C=CC(O)/C(=C\c1ccc(F)cc1)c1ccccc1. The van der Waals surface area contributed by atoms with E-state index in [2.05, 4.69) is 6.58 Å². The summed E-state index contributed by atoms with van der Waals surface area (Å²) in [6.07, 6.45) is 2.55. The molecule has 0 bridgehead atoms. The maximum absolute atomic E-state index is 12.9. The van der Waals surface area contributed by atoms with Crippen molar-refractivity contribution in [3.63, 3.8) is 0 Å². The third-order valence-electron chi connectivity index (χ3n) is 2.84. The molecule has 2 aromatic carbocycles. The Morgan fingerprint density at radius 2 is 1.68 bits per heavy atom. The molecular formula is C17H15FO. The highest BCUT2D eigenvalue weighted by Gasteiger charge is 2.09. The third kappa shape index (κ3) is 3.39. The fourth-order valence-corrected chi connectivity index (χ4v) is 1.84. The molecule has 0 amide bonds. The van der Waals surface area contributed by atoms with E-state index in [-0.39, 0.29) is 5.82 Å². The second kappa shape index (κ2) is 6.12. The van der Waals surface area contributed by atoms with Gasteiger partial charge in [0.2, 0.25) is 0 Å². The van der Waals surface area contributed by atoms with E-state index >= 15 is 0 Å². The lowest BCUT2D eigenvalue weighted by Crippen LogP contribution is -2.05. The highest BCUT2D eigenvalue weighted by molar-refractivity contribution is 5.84. The van der Waals surface area contributed by atoms with Crippen molar-refractivity contribution in [3.05, 3.63) is 84.2 Å². The number of hydrogen-bond donors (Lipinski definition) is 1. The van der Waals surface area contributed by atoms with Gasteiger partial charge in [0, 0.05) is 0 Å². The fraction of sp³-hybridized carbons (Fsp3) is 0.0588. The number of benzene rings is 2. The van der Waals surface area contributed by atoms with E-state index in [1.54, 1.807) is 12.1 Å². The van der Waals surface area contributed by atoms with Crippen LogP contribution in [0.2, 0.25) is 0 Å². The lowest BCUT2D eigenvalue weighted by atomic mass is 9.98. The molecule has 0 aromatic heterocycles. The largest absolute Gasteiger partial charge is 0.384 e. The lowest BCUT2D eigenvalue weighted by Gasteiger charge is -2.12. The molecule has 0 saturated heterocycles. The number of hydrogen-bond acceptors (Lipinski definition) is 1. The van der Waals surface area contributed by atoms with Crippen molar-refractivity contribution >= 4 is 11.6 Å². The number of aliphatic hydroxyl groups is 1. The third-order valence-corrected chi connectivity index (χ3v) is 2.84. The van der Waals surface area contributed by atoms with Crippen LogP contribution in [0.1, 0.15) is 11.1 Å². The molecule has 2 aromatic rings. The lowest BCUT2D eigenvalue weighted by molar-refractivity contribution is 0.281. The minimum Gasteiger partial charge on any atom is -0.384 e. The minimum absolute atomic E-state index is 0.275. The zero-order valence-corrected chi connectivity index (χ0v) is 10.5. The fourth-order valence-electron chi connectivity index (χ4n) is 1.84. The smallest absolute Gasteiger partial charge is 0.123 e. The zero-order chi connectivity index (χ0) is 13.7. The molecule has 1 N–H and O–H groups in total. The van der Waals surface area contributed by atoms with E-state index < -0.39 is 6.10 Å². The van der Waals surface area contributed by atoms with Gasteiger partial charge in [0.1, 0.15) is 5.82 Å². The first kappa shape index (κ1) is 13.2. The Hall–Kier alpha value is -2.19. The van der Waals surface area contributed by atoms with Gasteiger partial charge in [0.25, 0.3) is 0 Å². The summed E-state index contributed by atoms with van der Waals surface area (Å²) >= 11 is 0. The summed E-state index contributed by atoms with van der Waals surface area (Å²) in [5, 5.41) is 10.0. The van der Waals surface area contributed by atoms with Crippen LogP contribution < -0.4 is 0 Å². The zero-order valence-electron chi connectivity index (χ0n) is 10.5. The van der Waals surface area contributed by atoms with Crippen molar-refractivity contribution in [2.24, 2.45) is 0 Å². The Kier molecular flexibility index (Phi) is 4.26. The van der Waals surface area contributed by atoms with Gasteiger partial charge in [-0.05, 0) is 34.9 Å². The maximum atomic E-state index is 12.9. The Bertz CT molecular complexity index is 570. The van der Waals surface area contributed by atoms with Crippen molar-refractivity contribution < 1.29 is 9.50 Å². The van der Waals surface area contributed by atoms with Crippen LogP contribution in [0.5, 0.6) is 0 Å². The van der Waals surface area contributed by atoms with Crippen LogP contribution in [0.25, 0.3) is 11.6 Å². The van der Waals surface area contributed by atoms with E-state index in [1.807, 2.05) is 36.4 Å². The first-order chi connectivity index (χ1) is 9.20. The maximum Gasteiger partial charge on any atom is 0.123 e. The van der Waals surface area contributed by atoms with Crippen LogP contribution in [0.3, 0.4) is 0 Å². The quantitative estimate of drug-likeness (QED) is 0.647. The summed E-state index contributed by atoms with van der Waals surface area (Å²) in [7, 11) is 0. The van der Waals surface area contributed by atoms with Crippen molar-refractivity contribution in [2.45, 2.75) is 6.10 Å². The first-order valence-electron chi connectivity index (χ1n) is 6.04. The monoisotopic (exact) mass is 254 g/mol. The molecule has 19 heavy (non-hydrogen) atoms. The van der Waals surface area contributed by atoms with Gasteiger partial charge >= 0.3 is 0 Å². The second-order valence-electron chi connectivity index (χ2n) is 4.20. The molecule has 2 rings (SSSR count). The molecule has 1 atom stereocenters. The Morgan fingerprint density at radius 1 is 1.05 bits per heavy atom. The van der Waals surface area contributed by atoms with E-state index in [4.69, 9.17) is 0 Å². The first-order valence-corrected chi connectivity index (χ1v) is 6.04. The molecule has 96 valence electrons. The van der Waals surface area contributed by atoms with Crippen molar-refractivity contribution in [2.75, 3.05) is 0 Å². The van der Waals surface area contributed by atoms with Crippen LogP contribution in [0, 0.1) is 5.82 Å².